The summed E-state index contributed by atoms with van der Waals surface area (Å²) in [5.74, 6) is -0.156. The molecule has 1 fully saturated rings. The quantitative estimate of drug-likeness (QED) is 0.902. The zero-order valence-corrected chi connectivity index (χ0v) is 14.5. The first-order valence-electron chi connectivity index (χ1n) is 7.75. The molecule has 1 N–H and O–H groups in total. The predicted octanol–water partition coefficient (Wildman–Crippen LogP) is 1.17. The van der Waals surface area contributed by atoms with Gasteiger partial charge >= 0.3 is 0 Å². The number of H-pyrrole nitrogens is 1. The van der Waals surface area contributed by atoms with Gasteiger partial charge in [-0.15, -0.1) is 0 Å². The number of aromatic nitrogens is 2. The number of hydrogen-bond acceptors (Lipinski definition) is 4. The predicted molar refractivity (Wildman–Crippen MR) is 89.2 cm³/mol. The Morgan fingerprint density at radius 3 is 2.46 bits per heavy atom. The summed E-state index contributed by atoms with van der Waals surface area (Å²) in [4.78, 5) is 14.3. The van der Waals surface area contributed by atoms with Crippen LogP contribution in [0.5, 0.6) is 0 Å². The SMILES string of the molecule is Cc1ccc(C)c(S(=O)(=O)N2CCN(C(=O)c3ccn[nH]3)CC2)c1. The van der Waals surface area contributed by atoms with Crippen molar-refractivity contribution in [3.8, 4) is 0 Å². The van der Waals surface area contributed by atoms with Gasteiger partial charge in [0.1, 0.15) is 5.69 Å². The zero-order valence-electron chi connectivity index (χ0n) is 13.7. The van der Waals surface area contributed by atoms with E-state index in [2.05, 4.69) is 10.2 Å². The molecule has 0 saturated carbocycles. The Labute approximate surface area is 141 Å². The van der Waals surface area contributed by atoms with Crippen LogP contribution in [0.15, 0.2) is 35.4 Å². The molecule has 128 valence electrons. The number of nitrogens with zero attached hydrogens (tertiary/aromatic N) is 3. The van der Waals surface area contributed by atoms with Gasteiger partial charge in [-0.3, -0.25) is 9.89 Å². The molecular formula is C16H20N4O3S. The molecule has 0 unspecified atom stereocenters. The highest BCUT2D eigenvalue weighted by atomic mass is 32.2. The first-order valence-corrected chi connectivity index (χ1v) is 9.19. The zero-order chi connectivity index (χ0) is 17.3. The van der Waals surface area contributed by atoms with E-state index < -0.39 is 10.0 Å². The van der Waals surface area contributed by atoms with Gasteiger partial charge in [0.05, 0.1) is 4.90 Å². The summed E-state index contributed by atoms with van der Waals surface area (Å²) in [6, 6.07) is 7.03. The minimum absolute atomic E-state index is 0.156. The summed E-state index contributed by atoms with van der Waals surface area (Å²) in [6.07, 6.45) is 1.52. The van der Waals surface area contributed by atoms with Crippen LogP contribution in [0.1, 0.15) is 21.6 Å². The number of piperazine rings is 1. The Kier molecular flexibility index (Phi) is 4.42. The van der Waals surface area contributed by atoms with Crippen LogP contribution in [0.3, 0.4) is 0 Å². The summed E-state index contributed by atoms with van der Waals surface area (Å²) in [5.41, 5.74) is 2.06. The lowest BCUT2D eigenvalue weighted by Gasteiger charge is -2.34. The van der Waals surface area contributed by atoms with Crippen LogP contribution >= 0.6 is 0 Å². The van der Waals surface area contributed by atoms with Crippen molar-refractivity contribution in [1.29, 1.82) is 0 Å². The summed E-state index contributed by atoms with van der Waals surface area (Å²) >= 11 is 0. The maximum Gasteiger partial charge on any atom is 0.271 e. The van der Waals surface area contributed by atoms with Crippen LogP contribution in [0.2, 0.25) is 0 Å². The molecule has 1 aliphatic rings. The van der Waals surface area contributed by atoms with Crippen LogP contribution in [-0.2, 0) is 10.0 Å². The van der Waals surface area contributed by atoms with E-state index in [1.54, 1.807) is 24.0 Å². The monoisotopic (exact) mass is 348 g/mol. The Bertz CT molecular complexity index is 838. The molecule has 2 heterocycles. The summed E-state index contributed by atoms with van der Waals surface area (Å²) in [6.45, 7) is 4.97. The van der Waals surface area contributed by atoms with E-state index in [4.69, 9.17) is 0 Å². The van der Waals surface area contributed by atoms with Crippen LogP contribution in [0.25, 0.3) is 0 Å². The van der Waals surface area contributed by atoms with E-state index in [9.17, 15) is 13.2 Å². The van der Waals surface area contributed by atoms with Gasteiger partial charge in [0, 0.05) is 32.4 Å². The van der Waals surface area contributed by atoms with Gasteiger partial charge in [0.15, 0.2) is 0 Å². The molecule has 0 radical (unpaired) electrons. The third-order valence-corrected chi connectivity index (χ3v) is 6.26. The van der Waals surface area contributed by atoms with E-state index in [1.165, 1.54) is 10.5 Å². The molecule has 2 aromatic rings. The van der Waals surface area contributed by atoms with Gasteiger partial charge in [-0.1, -0.05) is 12.1 Å². The maximum absolute atomic E-state index is 12.9. The third kappa shape index (κ3) is 3.07. The van der Waals surface area contributed by atoms with Crippen molar-refractivity contribution in [1.82, 2.24) is 19.4 Å². The number of rotatable bonds is 3. The number of amides is 1. The lowest BCUT2D eigenvalue weighted by atomic mass is 10.2. The summed E-state index contributed by atoms with van der Waals surface area (Å²) in [7, 11) is -3.54. The smallest absolute Gasteiger partial charge is 0.271 e. The Balaban J connectivity index is 1.74. The largest absolute Gasteiger partial charge is 0.335 e. The fourth-order valence-corrected chi connectivity index (χ4v) is 4.53. The lowest BCUT2D eigenvalue weighted by Crippen LogP contribution is -2.50. The highest BCUT2D eigenvalue weighted by Gasteiger charge is 2.31. The van der Waals surface area contributed by atoms with Crippen molar-refractivity contribution in [2.45, 2.75) is 18.7 Å². The molecular weight excluding hydrogens is 328 g/mol. The van der Waals surface area contributed by atoms with Gasteiger partial charge in [-0.2, -0.15) is 9.40 Å². The lowest BCUT2D eigenvalue weighted by molar-refractivity contribution is 0.0692. The Morgan fingerprint density at radius 2 is 1.83 bits per heavy atom. The summed E-state index contributed by atoms with van der Waals surface area (Å²) in [5, 5.41) is 6.41. The molecule has 3 rings (SSSR count). The fraction of sp³-hybridized carbons (Fsp3) is 0.375. The fourth-order valence-electron chi connectivity index (χ4n) is 2.80. The second kappa shape index (κ2) is 6.37. The standard InChI is InChI=1S/C16H20N4O3S/c1-12-3-4-13(2)15(11-12)24(22,23)20-9-7-19(8-10-20)16(21)14-5-6-17-18-14/h3-6,11H,7-10H2,1-2H3,(H,17,18). The van der Waals surface area contributed by atoms with E-state index in [1.807, 2.05) is 19.1 Å². The minimum atomic E-state index is -3.54. The van der Waals surface area contributed by atoms with Crippen LogP contribution in [-0.4, -0.2) is 59.9 Å². The first kappa shape index (κ1) is 16.7. The number of nitrogens with one attached hydrogen (secondary N) is 1. The van der Waals surface area contributed by atoms with Gasteiger partial charge in [0.25, 0.3) is 5.91 Å². The highest BCUT2D eigenvalue weighted by molar-refractivity contribution is 7.89. The number of sulfonamides is 1. The maximum atomic E-state index is 12.9. The second-order valence-electron chi connectivity index (χ2n) is 5.94. The third-order valence-electron chi connectivity index (χ3n) is 4.22. The van der Waals surface area contributed by atoms with E-state index in [0.717, 1.165) is 11.1 Å². The van der Waals surface area contributed by atoms with E-state index >= 15 is 0 Å². The van der Waals surface area contributed by atoms with Gasteiger partial charge < -0.3 is 4.90 Å². The molecule has 1 saturated heterocycles. The molecule has 7 nitrogen and oxygen atoms in total. The second-order valence-corrected chi connectivity index (χ2v) is 7.84. The number of aromatic amines is 1. The molecule has 1 amide bonds. The Hall–Kier alpha value is -2.19. The van der Waals surface area contributed by atoms with Crippen molar-refractivity contribution < 1.29 is 13.2 Å². The molecule has 1 aliphatic heterocycles. The molecule has 0 bridgehead atoms. The normalized spacial score (nSPS) is 16.3. The average molecular weight is 348 g/mol. The van der Waals surface area contributed by atoms with Crippen LogP contribution in [0.4, 0.5) is 0 Å². The molecule has 0 atom stereocenters. The van der Waals surface area contributed by atoms with Crippen molar-refractivity contribution in [3.63, 3.8) is 0 Å². The number of carbonyl (C=O) groups excluding carboxylic acids is 1. The van der Waals surface area contributed by atoms with Crippen molar-refractivity contribution in [2.24, 2.45) is 0 Å². The van der Waals surface area contributed by atoms with Crippen molar-refractivity contribution in [3.05, 3.63) is 47.3 Å². The van der Waals surface area contributed by atoms with Crippen molar-refractivity contribution >= 4 is 15.9 Å². The molecule has 1 aromatic carbocycles. The van der Waals surface area contributed by atoms with Gasteiger partial charge in [0.2, 0.25) is 10.0 Å². The van der Waals surface area contributed by atoms with Crippen molar-refractivity contribution in [2.75, 3.05) is 26.2 Å². The number of carbonyl (C=O) groups is 1. The van der Waals surface area contributed by atoms with Crippen LogP contribution < -0.4 is 0 Å². The number of benzene rings is 1. The first-order chi connectivity index (χ1) is 11.4. The topological polar surface area (TPSA) is 86.4 Å². The molecule has 0 aliphatic carbocycles. The molecule has 0 spiro atoms. The molecule has 24 heavy (non-hydrogen) atoms. The Morgan fingerprint density at radius 1 is 1.12 bits per heavy atom. The molecule has 1 aromatic heterocycles. The van der Waals surface area contributed by atoms with Gasteiger partial charge in [-0.25, -0.2) is 8.42 Å². The van der Waals surface area contributed by atoms with E-state index in [-0.39, 0.29) is 19.0 Å². The average Bonchev–Trinajstić information content (AvgIpc) is 3.11. The number of hydrogen-bond donors (Lipinski definition) is 1. The van der Waals surface area contributed by atoms with Crippen LogP contribution in [0, 0.1) is 13.8 Å². The summed E-state index contributed by atoms with van der Waals surface area (Å²) < 4.78 is 27.2. The molecule has 8 heteroatoms. The minimum Gasteiger partial charge on any atom is -0.335 e. The highest BCUT2D eigenvalue weighted by Crippen LogP contribution is 2.22. The van der Waals surface area contributed by atoms with E-state index in [0.29, 0.717) is 23.7 Å². The van der Waals surface area contributed by atoms with Gasteiger partial charge in [-0.05, 0) is 37.1 Å². The number of aryl methyl sites for hydroxylation is 2.